The van der Waals surface area contributed by atoms with Crippen molar-refractivity contribution in [3.8, 4) is 0 Å². The first-order valence-corrected chi connectivity index (χ1v) is 3.13. The Kier molecular flexibility index (Phi) is 2.11. The zero-order valence-corrected chi connectivity index (χ0v) is 5.83. The van der Waals surface area contributed by atoms with Crippen LogP contribution in [0.5, 0.6) is 0 Å². The summed E-state index contributed by atoms with van der Waals surface area (Å²) >= 11 is 0. The van der Waals surface area contributed by atoms with E-state index in [2.05, 4.69) is 6.26 Å². The summed E-state index contributed by atoms with van der Waals surface area (Å²) < 4.78 is 0. The van der Waals surface area contributed by atoms with Gasteiger partial charge in [-0.3, -0.25) is 0 Å². The van der Waals surface area contributed by atoms with Crippen molar-refractivity contribution in [2.24, 2.45) is 0 Å². The molecule has 1 heteroatoms. The van der Waals surface area contributed by atoms with Crippen molar-refractivity contribution in [2.75, 3.05) is 0 Å². The van der Waals surface area contributed by atoms with Crippen LogP contribution in [-0.2, 0) is 0 Å². The molecule has 1 aromatic rings. The Hall–Kier alpha value is -1.24. The van der Waals surface area contributed by atoms with Crippen LogP contribution < -0.4 is 0 Å². The first-order chi connectivity index (χ1) is 4.84. The van der Waals surface area contributed by atoms with E-state index in [1.807, 2.05) is 37.3 Å². The minimum atomic E-state index is 0.764. The van der Waals surface area contributed by atoms with Gasteiger partial charge in [0.15, 0.2) is 6.26 Å². The third-order valence-corrected chi connectivity index (χ3v) is 1.37. The second kappa shape index (κ2) is 3.06. The van der Waals surface area contributed by atoms with Crippen LogP contribution in [0.25, 0.3) is 5.57 Å². The molecule has 0 saturated carbocycles. The molecule has 1 aromatic carbocycles. The van der Waals surface area contributed by atoms with E-state index < -0.39 is 0 Å². The van der Waals surface area contributed by atoms with E-state index in [4.69, 9.17) is 5.11 Å². The van der Waals surface area contributed by atoms with Crippen LogP contribution in [-0.4, -0.2) is 5.11 Å². The third-order valence-electron chi connectivity index (χ3n) is 1.37. The molecule has 0 bridgehead atoms. The Bertz CT molecular complexity index is 224. The molecule has 0 spiro atoms. The van der Waals surface area contributed by atoms with Crippen molar-refractivity contribution in [1.29, 1.82) is 0 Å². The fraction of sp³-hybridized carbons (Fsp3) is 0.111. The molecule has 0 heterocycles. The summed E-state index contributed by atoms with van der Waals surface area (Å²) in [5, 5.41) is 8.50. The summed E-state index contributed by atoms with van der Waals surface area (Å²) in [4.78, 5) is 0. The molecule has 0 saturated heterocycles. The molecule has 0 aromatic heterocycles. The van der Waals surface area contributed by atoms with Gasteiger partial charge in [0.25, 0.3) is 0 Å². The molecule has 0 aliphatic carbocycles. The van der Waals surface area contributed by atoms with Gasteiger partial charge in [-0.25, -0.2) is 0 Å². The molecule has 0 atom stereocenters. The van der Waals surface area contributed by atoms with Gasteiger partial charge >= 0.3 is 0 Å². The standard InChI is InChI=1S/C9H9O/c1-8(7-10)9-5-3-2-4-6-9/h2-6,10H,1H3. The quantitative estimate of drug-likeness (QED) is 0.583. The Morgan fingerprint density at radius 2 is 1.90 bits per heavy atom. The maximum absolute atomic E-state index is 8.50. The van der Waals surface area contributed by atoms with Gasteiger partial charge in [0.05, 0.1) is 0 Å². The number of hydrogen-bond donors (Lipinski definition) is 1. The molecule has 1 rings (SSSR count). The summed E-state index contributed by atoms with van der Waals surface area (Å²) in [6, 6.07) is 9.65. The third kappa shape index (κ3) is 1.38. The van der Waals surface area contributed by atoms with Gasteiger partial charge in [-0.2, -0.15) is 0 Å². The summed E-state index contributed by atoms with van der Waals surface area (Å²) in [7, 11) is 0. The van der Waals surface area contributed by atoms with Gasteiger partial charge in [0.1, 0.15) is 0 Å². The average Bonchev–Trinajstić information content (AvgIpc) is 2.05. The van der Waals surface area contributed by atoms with Gasteiger partial charge < -0.3 is 5.11 Å². The molecule has 10 heavy (non-hydrogen) atoms. The number of allylic oxidation sites excluding steroid dienone is 1. The molecule has 0 aliphatic heterocycles. The van der Waals surface area contributed by atoms with Crippen molar-refractivity contribution < 1.29 is 5.11 Å². The molecular formula is C9H9O. The fourth-order valence-corrected chi connectivity index (χ4v) is 0.753. The minimum absolute atomic E-state index is 0.764. The minimum Gasteiger partial charge on any atom is -0.504 e. The highest BCUT2D eigenvalue weighted by atomic mass is 16.2. The molecule has 1 N–H and O–H groups in total. The molecule has 1 radical (unpaired) electrons. The number of benzene rings is 1. The van der Waals surface area contributed by atoms with E-state index in [9.17, 15) is 0 Å². The van der Waals surface area contributed by atoms with Crippen molar-refractivity contribution in [1.82, 2.24) is 0 Å². The lowest BCUT2D eigenvalue weighted by atomic mass is 10.1. The maximum atomic E-state index is 8.50. The van der Waals surface area contributed by atoms with Gasteiger partial charge in [0.2, 0.25) is 0 Å². The first-order valence-electron chi connectivity index (χ1n) is 3.13. The molecular weight excluding hydrogens is 124 g/mol. The zero-order chi connectivity index (χ0) is 7.40. The number of hydrogen-bond acceptors (Lipinski definition) is 1. The monoisotopic (exact) mass is 133 g/mol. The molecule has 0 amide bonds. The largest absolute Gasteiger partial charge is 0.504 e. The number of aliphatic hydroxyl groups is 1. The van der Waals surface area contributed by atoms with Crippen molar-refractivity contribution in [2.45, 2.75) is 6.92 Å². The van der Waals surface area contributed by atoms with Crippen LogP contribution in [0.4, 0.5) is 0 Å². The number of aliphatic hydroxyl groups excluding tert-OH is 1. The van der Waals surface area contributed by atoms with Gasteiger partial charge in [-0.15, -0.1) is 0 Å². The van der Waals surface area contributed by atoms with Crippen LogP contribution in [0.15, 0.2) is 30.3 Å². The van der Waals surface area contributed by atoms with E-state index in [1.54, 1.807) is 0 Å². The highest BCUT2D eigenvalue weighted by molar-refractivity contribution is 5.60. The molecule has 51 valence electrons. The lowest BCUT2D eigenvalue weighted by Gasteiger charge is -1.95. The van der Waals surface area contributed by atoms with E-state index in [0.29, 0.717) is 0 Å². The Morgan fingerprint density at radius 3 is 2.40 bits per heavy atom. The fourth-order valence-electron chi connectivity index (χ4n) is 0.753. The zero-order valence-electron chi connectivity index (χ0n) is 5.83. The SMILES string of the molecule is CC(=[C]O)c1ccccc1. The lowest BCUT2D eigenvalue weighted by Crippen LogP contribution is -1.76. The topological polar surface area (TPSA) is 20.2 Å². The normalized spacial score (nSPS) is 11.5. The Morgan fingerprint density at radius 1 is 1.30 bits per heavy atom. The van der Waals surface area contributed by atoms with Crippen LogP contribution >= 0.6 is 0 Å². The van der Waals surface area contributed by atoms with E-state index in [-0.39, 0.29) is 0 Å². The number of rotatable bonds is 1. The second-order valence-electron chi connectivity index (χ2n) is 2.10. The van der Waals surface area contributed by atoms with Gasteiger partial charge in [-0.1, -0.05) is 30.3 Å². The predicted molar refractivity (Wildman–Crippen MR) is 41.4 cm³/mol. The van der Waals surface area contributed by atoms with Gasteiger partial charge in [-0.05, 0) is 12.5 Å². The lowest BCUT2D eigenvalue weighted by molar-refractivity contribution is 0.444. The van der Waals surface area contributed by atoms with E-state index in [1.165, 1.54) is 0 Å². The Labute approximate surface area is 60.6 Å². The summed E-state index contributed by atoms with van der Waals surface area (Å²) in [5.74, 6) is 0. The predicted octanol–water partition coefficient (Wildman–Crippen LogP) is 2.41. The maximum Gasteiger partial charge on any atom is 0.161 e. The average molecular weight is 133 g/mol. The first kappa shape index (κ1) is 6.87. The van der Waals surface area contributed by atoms with Crippen molar-refractivity contribution >= 4 is 5.57 Å². The van der Waals surface area contributed by atoms with Crippen LogP contribution in [0, 0.1) is 6.26 Å². The smallest absolute Gasteiger partial charge is 0.161 e. The van der Waals surface area contributed by atoms with Crippen LogP contribution in [0.3, 0.4) is 0 Å². The Balaban J connectivity index is 2.96. The molecule has 0 unspecified atom stereocenters. The van der Waals surface area contributed by atoms with Crippen molar-refractivity contribution in [3.05, 3.63) is 42.2 Å². The highest BCUT2D eigenvalue weighted by Crippen LogP contribution is 2.10. The van der Waals surface area contributed by atoms with Crippen LogP contribution in [0.1, 0.15) is 12.5 Å². The van der Waals surface area contributed by atoms with E-state index >= 15 is 0 Å². The summed E-state index contributed by atoms with van der Waals surface area (Å²) in [6.07, 6.45) is 2.10. The van der Waals surface area contributed by atoms with Gasteiger partial charge in [0, 0.05) is 5.57 Å². The summed E-state index contributed by atoms with van der Waals surface area (Å²) in [6.45, 7) is 1.81. The molecule has 0 aliphatic rings. The second-order valence-corrected chi connectivity index (χ2v) is 2.10. The highest BCUT2D eigenvalue weighted by Gasteiger charge is 1.91. The molecule has 0 fully saturated rings. The molecule has 1 nitrogen and oxygen atoms in total. The van der Waals surface area contributed by atoms with E-state index in [0.717, 1.165) is 11.1 Å². The van der Waals surface area contributed by atoms with Crippen LogP contribution in [0.2, 0.25) is 0 Å². The summed E-state index contributed by atoms with van der Waals surface area (Å²) in [5.41, 5.74) is 1.77. The van der Waals surface area contributed by atoms with Crippen molar-refractivity contribution in [3.63, 3.8) is 0 Å².